The van der Waals surface area contributed by atoms with Gasteiger partial charge in [0.1, 0.15) is 5.60 Å². The molecule has 1 aliphatic rings. The van der Waals surface area contributed by atoms with Crippen LogP contribution in [0.25, 0.3) is 0 Å². The standard InChI is InChI=1S/C14H18Cl2N2O3/c1-9(10-3-2-4-11(15)12(10)16)18-13(19)17-7-14(20)5-6-21-8-14/h2-4,9,20H,5-8H2,1H3,(H2,17,18,19). The van der Waals surface area contributed by atoms with Crippen molar-refractivity contribution in [1.29, 1.82) is 0 Å². The molecule has 2 rings (SSSR count). The maximum absolute atomic E-state index is 11.9. The second-order valence-electron chi connectivity index (χ2n) is 5.22. The van der Waals surface area contributed by atoms with Crippen molar-refractivity contribution in [2.45, 2.75) is 25.0 Å². The van der Waals surface area contributed by atoms with E-state index < -0.39 is 5.60 Å². The minimum atomic E-state index is -0.978. The van der Waals surface area contributed by atoms with E-state index in [1.54, 1.807) is 18.2 Å². The lowest BCUT2D eigenvalue weighted by Gasteiger charge is -2.22. The number of hydrogen-bond donors (Lipinski definition) is 3. The molecule has 0 radical (unpaired) electrons. The average Bonchev–Trinajstić information content (AvgIpc) is 2.87. The van der Waals surface area contributed by atoms with E-state index in [4.69, 9.17) is 27.9 Å². The van der Waals surface area contributed by atoms with Gasteiger partial charge in [-0.3, -0.25) is 0 Å². The molecule has 1 heterocycles. The summed E-state index contributed by atoms with van der Waals surface area (Å²) in [7, 11) is 0. The van der Waals surface area contributed by atoms with Crippen LogP contribution in [-0.4, -0.2) is 36.5 Å². The Morgan fingerprint density at radius 2 is 2.29 bits per heavy atom. The Kier molecular flexibility index (Phi) is 5.32. The van der Waals surface area contributed by atoms with Crippen LogP contribution >= 0.6 is 23.2 Å². The Hall–Kier alpha value is -1.01. The number of urea groups is 1. The van der Waals surface area contributed by atoms with Crippen LogP contribution < -0.4 is 10.6 Å². The van der Waals surface area contributed by atoms with E-state index in [0.717, 1.165) is 5.56 Å². The van der Waals surface area contributed by atoms with E-state index in [0.29, 0.717) is 23.1 Å². The number of rotatable bonds is 4. The number of nitrogens with one attached hydrogen (secondary N) is 2. The molecule has 0 aromatic heterocycles. The van der Waals surface area contributed by atoms with Gasteiger partial charge in [-0.1, -0.05) is 35.3 Å². The molecule has 21 heavy (non-hydrogen) atoms. The van der Waals surface area contributed by atoms with Crippen molar-refractivity contribution in [2.75, 3.05) is 19.8 Å². The largest absolute Gasteiger partial charge is 0.386 e. The molecular weight excluding hydrogens is 315 g/mol. The van der Waals surface area contributed by atoms with Gasteiger partial charge in [-0.15, -0.1) is 0 Å². The first-order valence-electron chi connectivity index (χ1n) is 6.70. The van der Waals surface area contributed by atoms with E-state index in [-0.39, 0.29) is 25.2 Å². The summed E-state index contributed by atoms with van der Waals surface area (Å²) in [6, 6.07) is 4.59. The van der Waals surface area contributed by atoms with Gasteiger partial charge in [-0.25, -0.2) is 4.79 Å². The molecule has 0 aliphatic carbocycles. The number of aliphatic hydroxyl groups is 1. The fourth-order valence-electron chi connectivity index (χ4n) is 2.16. The molecule has 2 amide bonds. The number of halogens is 2. The third kappa shape index (κ3) is 4.23. The van der Waals surface area contributed by atoms with Crippen LogP contribution in [-0.2, 0) is 4.74 Å². The Labute approximate surface area is 133 Å². The molecule has 1 fully saturated rings. The highest BCUT2D eigenvalue weighted by Gasteiger charge is 2.32. The van der Waals surface area contributed by atoms with Crippen molar-refractivity contribution >= 4 is 29.2 Å². The summed E-state index contributed by atoms with van der Waals surface area (Å²) in [6.45, 7) is 2.70. The lowest BCUT2D eigenvalue weighted by atomic mass is 10.0. The fraction of sp³-hybridized carbons (Fsp3) is 0.500. The predicted molar refractivity (Wildman–Crippen MR) is 81.8 cm³/mol. The zero-order valence-corrected chi connectivity index (χ0v) is 13.2. The molecule has 116 valence electrons. The summed E-state index contributed by atoms with van der Waals surface area (Å²) >= 11 is 12.1. The van der Waals surface area contributed by atoms with Crippen LogP contribution in [0.5, 0.6) is 0 Å². The molecular formula is C14H18Cl2N2O3. The number of carbonyl (C=O) groups is 1. The van der Waals surface area contributed by atoms with Crippen molar-refractivity contribution in [1.82, 2.24) is 10.6 Å². The summed E-state index contributed by atoms with van der Waals surface area (Å²) in [5.74, 6) is 0. The second-order valence-corrected chi connectivity index (χ2v) is 6.00. The average molecular weight is 333 g/mol. The SMILES string of the molecule is CC(NC(=O)NCC1(O)CCOC1)c1cccc(Cl)c1Cl. The third-order valence-electron chi connectivity index (χ3n) is 3.46. The van der Waals surface area contributed by atoms with Crippen LogP contribution in [0, 0.1) is 0 Å². The van der Waals surface area contributed by atoms with Crippen LogP contribution in [0.3, 0.4) is 0 Å². The highest BCUT2D eigenvalue weighted by Crippen LogP contribution is 2.29. The van der Waals surface area contributed by atoms with Crippen LogP contribution in [0.15, 0.2) is 18.2 Å². The molecule has 0 spiro atoms. The summed E-state index contributed by atoms with van der Waals surface area (Å²) in [5.41, 5.74) is -0.240. The quantitative estimate of drug-likeness (QED) is 0.793. The van der Waals surface area contributed by atoms with Gasteiger partial charge in [0, 0.05) is 13.0 Å². The maximum Gasteiger partial charge on any atom is 0.315 e. The van der Waals surface area contributed by atoms with E-state index in [2.05, 4.69) is 10.6 Å². The molecule has 1 saturated heterocycles. The summed E-state index contributed by atoms with van der Waals surface area (Å²) in [5, 5.41) is 16.3. The van der Waals surface area contributed by atoms with E-state index >= 15 is 0 Å². The molecule has 5 nitrogen and oxygen atoms in total. The number of carbonyl (C=O) groups excluding carboxylic acids is 1. The first-order valence-corrected chi connectivity index (χ1v) is 7.45. The maximum atomic E-state index is 11.9. The van der Waals surface area contributed by atoms with E-state index in [9.17, 15) is 9.90 Å². The van der Waals surface area contributed by atoms with Crippen LogP contribution in [0.4, 0.5) is 4.79 Å². The minimum Gasteiger partial charge on any atom is -0.386 e. The van der Waals surface area contributed by atoms with Gasteiger partial charge in [-0.2, -0.15) is 0 Å². The van der Waals surface area contributed by atoms with Gasteiger partial charge in [0.2, 0.25) is 0 Å². The monoisotopic (exact) mass is 332 g/mol. The van der Waals surface area contributed by atoms with Crippen molar-refractivity contribution < 1.29 is 14.6 Å². The minimum absolute atomic E-state index is 0.148. The van der Waals surface area contributed by atoms with Gasteiger partial charge in [0.05, 0.1) is 29.2 Å². The molecule has 2 unspecified atom stereocenters. The number of hydrogen-bond acceptors (Lipinski definition) is 3. The smallest absolute Gasteiger partial charge is 0.315 e. The van der Waals surface area contributed by atoms with Gasteiger partial charge >= 0.3 is 6.03 Å². The second kappa shape index (κ2) is 6.83. The molecule has 1 aliphatic heterocycles. The van der Waals surface area contributed by atoms with Crippen molar-refractivity contribution in [3.05, 3.63) is 33.8 Å². The first-order chi connectivity index (χ1) is 9.91. The zero-order chi connectivity index (χ0) is 15.5. The summed E-state index contributed by atoms with van der Waals surface area (Å²) in [4.78, 5) is 11.9. The van der Waals surface area contributed by atoms with E-state index in [1.807, 2.05) is 6.92 Å². The van der Waals surface area contributed by atoms with Gasteiger partial charge in [0.25, 0.3) is 0 Å². The van der Waals surface area contributed by atoms with Gasteiger partial charge in [-0.05, 0) is 18.6 Å². The first kappa shape index (κ1) is 16.4. The Morgan fingerprint density at radius 1 is 1.52 bits per heavy atom. The van der Waals surface area contributed by atoms with Crippen LogP contribution in [0.2, 0.25) is 10.0 Å². The lowest BCUT2D eigenvalue weighted by Crippen LogP contribution is -2.47. The van der Waals surface area contributed by atoms with Gasteiger partial charge in [0.15, 0.2) is 0 Å². The molecule has 0 saturated carbocycles. The molecule has 3 N–H and O–H groups in total. The highest BCUT2D eigenvalue weighted by molar-refractivity contribution is 6.42. The highest BCUT2D eigenvalue weighted by atomic mass is 35.5. The molecule has 1 aromatic carbocycles. The normalized spacial score (nSPS) is 22.9. The fourth-order valence-corrected chi connectivity index (χ4v) is 2.63. The van der Waals surface area contributed by atoms with Crippen molar-refractivity contribution in [3.63, 3.8) is 0 Å². The van der Waals surface area contributed by atoms with Crippen LogP contribution in [0.1, 0.15) is 24.9 Å². The summed E-state index contributed by atoms with van der Waals surface area (Å²) < 4.78 is 5.12. The topological polar surface area (TPSA) is 70.6 Å². The number of amides is 2. The van der Waals surface area contributed by atoms with Gasteiger partial charge < -0.3 is 20.5 Å². The molecule has 1 aromatic rings. The number of ether oxygens (including phenoxy) is 1. The molecule has 2 atom stereocenters. The Balaban J connectivity index is 1.88. The third-order valence-corrected chi connectivity index (χ3v) is 4.29. The van der Waals surface area contributed by atoms with Crippen molar-refractivity contribution in [3.8, 4) is 0 Å². The van der Waals surface area contributed by atoms with Crippen molar-refractivity contribution in [2.24, 2.45) is 0 Å². The Morgan fingerprint density at radius 3 is 2.95 bits per heavy atom. The summed E-state index contributed by atoms with van der Waals surface area (Å²) in [6.07, 6.45) is 0.517. The lowest BCUT2D eigenvalue weighted by molar-refractivity contribution is 0.0291. The van der Waals surface area contributed by atoms with E-state index in [1.165, 1.54) is 0 Å². The molecule has 7 heteroatoms. The zero-order valence-electron chi connectivity index (χ0n) is 11.7. The predicted octanol–water partition coefficient (Wildman–Crippen LogP) is 2.51. The number of benzene rings is 1. The molecule has 0 bridgehead atoms. The Bertz CT molecular complexity index is 519.